The topological polar surface area (TPSA) is 114 Å². The van der Waals surface area contributed by atoms with Gasteiger partial charge in [0.1, 0.15) is 11.4 Å². The molecule has 12 heteroatoms. The van der Waals surface area contributed by atoms with Crippen LogP contribution >= 0.6 is 0 Å². The average Bonchev–Trinajstić information content (AvgIpc) is 2.82. The molecule has 35 heavy (non-hydrogen) atoms. The summed E-state index contributed by atoms with van der Waals surface area (Å²) in [7, 11) is 1.48. The number of rotatable bonds is 7. The fourth-order valence-corrected chi connectivity index (χ4v) is 3.92. The smallest absolute Gasteiger partial charge is 0.416 e. The zero-order valence-electron chi connectivity index (χ0n) is 19.1. The molecule has 188 valence electrons. The van der Waals surface area contributed by atoms with Crippen molar-refractivity contribution in [3.8, 4) is 5.75 Å². The summed E-state index contributed by atoms with van der Waals surface area (Å²) in [4.78, 5) is 36.9. The predicted octanol–water partition coefficient (Wildman–Crippen LogP) is 3.90. The van der Waals surface area contributed by atoms with Crippen LogP contribution in [0.1, 0.15) is 24.0 Å². The van der Waals surface area contributed by atoms with Crippen molar-refractivity contribution in [2.45, 2.75) is 25.9 Å². The molecule has 0 aliphatic carbocycles. The van der Waals surface area contributed by atoms with Crippen molar-refractivity contribution in [3.05, 3.63) is 57.6 Å². The molecule has 1 saturated heterocycles. The van der Waals surface area contributed by atoms with Crippen molar-refractivity contribution in [1.29, 1.82) is 0 Å². The Morgan fingerprint density at radius 3 is 2.46 bits per heavy atom. The summed E-state index contributed by atoms with van der Waals surface area (Å²) in [5, 5.41) is 16.6. The highest BCUT2D eigenvalue weighted by atomic mass is 19.4. The lowest BCUT2D eigenvalue weighted by atomic mass is 9.95. The highest BCUT2D eigenvalue weighted by molar-refractivity contribution is 5.96. The number of nitrogens with zero attached hydrogens (tertiary/aromatic N) is 2. The minimum absolute atomic E-state index is 0.0772. The Labute approximate surface area is 199 Å². The monoisotopic (exact) mass is 494 g/mol. The van der Waals surface area contributed by atoms with Crippen molar-refractivity contribution >= 4 is 28.9 Å². The quantitative estimate of drug-likeness (QED) is 0.446. The first-order chi connectivity index (χ1) is 16.5. The number of nitro benzene ring substituents is 1. The summed E-state index contributed by atoms with van der Waals surface area (Å²) in [5.74, 6) is -0.709. The maximum Gasteiger partial charge on any atom is 0.416 e. The number of piperidine rings is 1. The molecule has 1 aliphatic heterocycles. The van der Waals surface area contributed by atoms with E-state index in [1.165, 1.54) is 7.11 Å². The molecule has 1 aliphatic rings. The van der Waals surface area contributed by atoms with Crippen LogP contribution in [0.5, 0.6) is 5.75 Å². The van der Waals surface area contributed by atoms with Crippen LogP contribution in [0.15, 0.2) is 36.4 Å². The average molecular weight is 494 g/mol. The van der Waals surface area contributed by atoms with Gasteiger partial charge < -0.3 is 20.3 Å². The summed E-state index contributed by atoms with van der Waals surface area (Å²) in [6.07, 6.45) is -4.03. The van der Waals surface area contributed by atoms with Crippen molar-refractivity contribution in [1.82, 2.24) is 5.32 Å². The van der Waals surface area contributed by atoms with E-state index in [2.05, 4.69) is 10.6 Å². The zero-order chi connectivity index (χ0) is 25.8. The number of carbonyl (C=O) groups is 2. The van der Waals surface area contributed by atoms with Gasteiger partial charge in [0.05, 0.1) is 29.8 Å². The lowest BCUT2D eigenvalue weighted by Crippen LogP contribution is -2.42. The van der Waals surface area contributed by atoms with E-state index in [4.69, 9.17) is 4.74 Å². The number of alkyl halides is 3. The van der Waals surface area contributed by atoms with E-state index in [9.17, 15) is 32.9 Å². The maximum absolute atomic E-state index is 12.9. The minimum atomic E-state index is -4.69. The van der Waals surface area contributed by atoms with Gasteiger partial charge >= 0.3 is 6.18 Å². The van der Waals surface area contributed by atoms with Gasteiger partial charge in [-0.15, -0.1) is 0 Å². The second-order valence-electron chi connectivity index (χ2n) is 8.19. The van der Waals surface area contributed by atoms with E-state index in [0.29, 0.717) is 30.3 Å². The molecule has 2 aromatic carbocycles. The van der Waals surface area contributed by atoms with Crippen molar-refractivity contribution in [3.63, 3.8) is 0 Å². The Morgan fingerprint density at radius 2 is 1.86 bits per heavy atom. The Morgan fingerprint density at radius 1 is 1.17 bits per heavy atom. The molecule has 0 radical (unpaired) electrons. The molecule has 0 atom stereocenters. The van der Waals surface area contributed by atoms with Gasteiger partial charge in [0.15, 0.2) is 0 Å². The van der Waals surface area contributed by atoms with E-state index < -0.39 is 34.2 Å². The molecule has 0 unspecified atom stereocenters. The second-order valence-corrected chi connectivity index (χ2v) is 8.19. The normalized spacial score (nSPS) is 14.4. The van der Waals surface area contributed by atoms with Crippen LogP contribution in [-0.2, 0) is 15.8 Å². The fourth-order valence-electron chi connectivity index (χ4n) is 3.92. The number of benzene rings is 2. The van der Waals surface area contributed by atoms with E-state index in [-0.39, 0.29) is 31.2 Å². The highest BCUT2D eigenvalue weighted by Gasteiger charge is 2.35. The molecular formula is C23H25F3N4O5. The van der Waals surface area contributed by atoms with Gasteiger partial charge in [-0.05, 0) is 49.6 Å². The lowest BCUT2D eigenvalue weighted by molar-refractivity contribution is -0.384. The van der Waals surface area contributed by atoms with E-state index in [0.717, 1.165) is 17.7 Å². The Bertz CT molecular complexity index is 1110. The molecule has 9 nitrogen and oxygen atoms in total. The van der Waals surface area contributed by atoms with Crippen LogP contribution < -0.4 is 20.3 Å². The van der Waals surface area contributed by atoms with E-state index >= 15 is 0 Å². The fraction of sp³-hybridized carbons (Fsp3) is 0.391. The third-order valence-corrected chi connectivity index (χ3v) is 5.76. The molecule has 0 bridgehead atoms. The zero-order valence-corrected chi connectivity index (χ0v) is 19.1. The molecule has 1 heterocycles. The number of methoxy groups -OCH3 is 1. The summed E-state index contributed by atoms with van der Waals surface area (Å²) in [6.45, 7) is 2.11. The first-order valence-corrected chi connectivity index (χ1v) is 10.8. The van der Waals surface area contributed by atoms with Gasteiger partial charge in [-0.3, -0.25) is 19.7 Å². The third kappa shape index (κ3) is 6.40. The summed E-state index contributed by atoms with van der Waals surface area (Å²) in [6, 6.07) is 7.72. The van der Waals surface area contributed by atoms with Crippen LogP contribution in [0.3, 0.4) is 0 Å². The number of anilines is 2. The molecule has 0 spiro atoms. The predicted molar refractivity (Wildman–Crippen MR) is 122 cm³/mol. The van der Waals surface area contributed by atoms with Gasteiger partial charge in [0.25, 0.3) is 5.69 Å². The molecule has 0 aromatic heterocycles. The largest absolute Gasteiger partial charge is 0.495 e. The first kappa shape index (κ1) is 25.8. The number of ether oxygens (including phenoxy) is 1. The lowest BCUT2D eigenvalue weighted by Gasteiger charge is -2.32. The molecule has 2 aromatic rings. The van der Waals surface area contributed by atoms with Gasteiger partial charge in [-0.2, -0.15) is 13.2 Å². The van der Waals surface area contributed by atoms with Crippen LogP contribution in [-0.4, -0.2) is 43.5 Å². The maximum atomic E-state index is 12.9. The summed E-state index contributed by atoms with van der Waals surface area (Å²) < 4.78 is 44.0. The number of aryl methyl sites for hydroxylation is 1. The van der Waals surface area contributed by atoms with Crippen LogP contribution in [0.2, 0.25) is 0 Å². The van der Waals surface area contributed by atoms with Crippen molar-refractivity contribution in [2.24, 2.45) is 5.92 Å². The summed E-state index contributed by atoms with van der Waals surface area (Å²) >= 11 is 0. The number of carbonyl (C=O) groups excluding carboxylic acids is 2. The van der Waals surface area contributed by atoms with E-state index in [1.807, 2.05) is 13.0 Å². The Balaban J connectivity index is 1.55. The highest BCUT2D eigenvalue weighted by Crippen LogP contribution is 2.37. The molecule has 3 rings (SSSR count). The second kappa shape index (κ2) is 10.6. The number of nitro groups is 1. The van der Waals surface area contributed by atoms with Crippen LogP contribution in [0, 0.1) is 23.0 Å². The summed E-state index contributed by atoms with van der Waals surface area (Å²) in [5.41, 5.74) is -0.244. The molecule has 0 saturated carbocycles. The number of halogens is 3. The van der Waals surface area contributed by atoms with Crippen LogP contribution in [0.4, 0.5) is 30.2 Å². The van der Waals surface area contributed by atoms with Crippen LogP contribution in [0.25, 0.3) is 0 Å². The van der Waals surface area contributed by atoms with Gasteiger partial charge in [0, 0.05) is 25.1 Å². The van der Waals surface area contributed by atoms with Gasteiger partial charge in [-0.25, -0.2) is 0 Å². The third-order valence-electron chi connectivity index (χ3n) is 5.76. The number of nitrogens with one attached hydrogen (secondary N) is 2. The minimum Gasteiger partial charge on any atom is -0.495 e. The first-order valence-electron chi connectivity index (χ1n) is 10.8. The number of hydrogen-bond acceptors (Lipinski definition) is 6. The number of hydrogen-bond donors (Lipinski definition) is 2. The Hall–Kier alpha value is -3.83. The van der Waals surface area contributed by atoms with Crippen molar-refractivity contribution in [2.75, 3.05) is 37.0 Å². The SMILES string of the molecule is COc1ccc(C)cc1NC(=O)CNC(=O)C1CCN(c2ccc(C(F)(F)F)cc2[N+](=O)[O-])CC1. The molecular weight excluding hydrogens is 469 g/mol. The van der Waals surface area contributed by atoms with Gasteiger partial charge in [-0.1, -0.05) is 6.07 Å². The molecule has 1 fully saturated rings. The molecule has 2 amide bonds. The van der Waals surface area contributed by atoms with Crippen molar-refractivity contribution < 1.29 is 32.4 Å². The molecule has 2 N–H and O–H groups in total. The Kier molecular flexibility index (Phi) is 7.82. The number of amides is 2. The van der Waals surface area contributed by atoms with E-state index in [1.54, 1.807) is 17.0 Å². The standard InChI is InChI=1S/C23H25F3N4O5/c1-14-3-6-20(35-2)17(11-14)28-21(31)13-27-22(32)15-7-9-29(10-8-15)18-5-4-16(23(24,25)26)12-19(18)30(33)34/h3-6,11-12,15H,7-10,13H2,1-2H3,(H,27,32)(H,28,31). The van der Waals surface area contributed by atoms with Gasteiger partial charge in [0.2, 0.25) is 11.8 Å².